The van der Waals surface area contributed by atoms with Crippen LogP contribution in [0.25, 0.3) is 0 Å². The number of likely N-dealkylation sites (tertiary alicyclic amines) is 1. The highest BCUT2D eigenvalue weighted by atomic mass is 16.5. The van der Waals surface area contributed by atoms with E-state index in [2.05, 4.69) is 0 Å². The third-order valence-electron chi connectivity index (χ3n) is 3.98. The number of carbonyl (C=O) groups excluding carboxylic acids is 2. The second-order valence-corrected chi connectivity index (χ2v) is 4.87. The average Bonchev–Trinajstić information content (AvgIpc) is 2.63. The number of hydrogen-bond acceptors (Lipinski definition) is 4. The first kappa shape index (κ1) is 15.6. The Morgan fingerprint density at radius 3 is 2.37 bits per heavy atom. The molecule has 1 fully saturated rings. The lowest BCUT2D eigenvalue weighted by atomic mass is 9.81. The molecule has 1 aliphatic rings. The van der Waals surface area contributed by atoms with Gasteiger partial charge in [-0.05, 0) is 12.8 Å². The van der Waals surface area contributed by atoms with Gasteiger partial charge in [-0.2, -0.15) is 0 Å². The number of rotatable bonds is 7. The van der Waals surface area contributed by atoms with Gasteiger partial charge < -0.3 is 9.84 Å². The van der Waals surface area contributed by atoms with Gasteiger partial charge in [0.1, 0.15) is 6.04 Å². The van der Waals surface area contributed by atoms with E-state index in [4.69, 9.17) is 4.74 Å². The zero-order chi connectivity index (χ0) is 14.6. The van der Waals surface area contributed by atoms with Gasteiger partial charge in [-0.25, -0.2) is 4.79 Å². The molecule has 0 bridgehead atoms. The van der Waals surface area contributed by atoms with Crippen LogP contribution >= 0.6 is 0 Å². The van der Waals surface area contributed by atoms with E-state index < -0.39 is 23.3 Å². The molecule has 0 aromatic heterocycles. The molecule has 108 valence electrons. The molecule has 1 N–H and O–H groups in total. The van der Waals surface area contributed by atoms with Gasteiger partial charge >= 0.3 is 5.97 Å². The minimum Gasteiger partial charge on any atom is -0.480 e. The van der Waals surface area contributed by atoms with Crippen LogP contribution in [0, 0.1) is 5.41 Å². The summed E-state index contributed by atoms with van der Waals surface area (Å²) in [6, 6.07) is -1.13. The first-order chi connectivity index (χ1) is 8.93. The van der Waals surface area contributed by atoms with E-state index in [9.17, 15) is 19.5 Å². The van der Waals surface area contributed by atoms with Gasteiger partial charge in [-0.1, -0.05) is 13.8 Å². The first-order valence-electron chi connectivity index (χ1n) is 6.51. The number of amides is 2. The Labute approximate surface area is 112 Å². The number of ether oxygens (including phenoxy) is 1. The first-order valence-corrected chi connectivity index (χ1v) is 6.51. The molecular weight excluding hydrogens is 250 g/mol. The quantitative estimate of drug-likeness (QED) is 0.699. The molecule has 0 spiro atoms. The lowest BCUT2D eigenvalue weighted by molar-refractivity contribution is -0.156. The second-order valence-electron chi connectivity index (χ2n) is 4.87. The molecule has 0 aromatic carbocycles. The van der Waals surface area contributed by atoms with Crippen LogP contribution in [-0.4, -0.2) is 47.5 Å². The number of nitrogens with zero attached hydrogens (tertiary/aromatic N) is 1. The van der Waals surface area contributed by atoms with Crippen molar-refractivity contribution in [3.8, 4) is 0 Å². The lowest BCUT2D eigenvalue weighted by Crippen LogP contribution is -2.47. The van der Waals surface area contributed by atoms with Crippen LogP contribution in [0.2, 0.25) is 0 Å². The van der Waals surface area contributed by atoms with E-state index in [1.807, 2.05) is 13.8 Å². The maximum absolute atomic E-state index is 12.4. The predicted octanol–water partition coefficient (Wildman–Crippen LogP) is 1.04. The number of aliphatic carboxylic acids is 1. The monoisotopic (exact) mass is 271 g/mol. The molecule has 19 heavy (non-hydrogen) atoms. The van der Waals surface area contributed by atoms with E-state index >= 15 is 0 Å². The molecule has 1 atom stereocenters. The summed E-state index contributed by atoms with van der Waals surface area (Å²) in [4.78, 5) is 36.6. The molecule has 1 heterocycles. The van der Waals surface area contributed by atoms with Crippen LogP contribution in [0.1, 0.15) is 39.5 Å². The maximum Gasteiger partial charge on any atom is 0.327 e. The summed E-state index contributed by atoms with van der Waals surface area (Å²) in [6.07, 6.45) is 1.31. The van der Waals surface area contributed by atoms with E-state index in [-0.39, 0.29) is 25.4 Å². The van der Waals surface area contributed by atoms with Gasteiger partial charge in [-0.3, -0.25) is 14.5 Å². The minimum atomic E-state index is -1.17. The molecule has 6 nitrogen and oxygen atoms in total. The Morgan fingerprint density at radius 1 is 1.42 bits per heavy atom. The average molecular weight is 271 g/mol. The van der Waals surface area contributed by atoms with Crippen molar-refractivity contribution in [3.63, 3.8) is 0 Å². The third-order valence-corrected chi connectivity index (χ3v) is 3.98. The number of methoxy groups -OCH3 is 1. The fraction of sp³-hybridized carbons (Fsp3) is 0.769. The van der Waals surface area contributed by atoms with Crippen molar-refractivity contribution in [1.29, 1.82) is 0 Å². The summed E-state index contributed by atoms with van der Waals surface area (Å²) in [5.41, 5.74) is -0.724. The van der Waals surface area contributed by atoms with Crippen LogP contribution < -0.4 is 0 Å². The van der Waals surface area contributed by atoms with E-state index in [0.717, 1.165) is 4.90 Å². The number of imide groups is 1. The molecule has 6 heteroatoms. The van der Waals surface area contributed by atoms with Crippen LogP contribution in [-0.2, 0) is 19.1 Å². The molecule has 1 unspecified atom stereocenters. The van der Waals surface area contributed by atoms with E-state index in [1.54, 1.807) is 0 Å². The Kier molecular flexibility index (Phi) is 5.05. The number of carboxylic acids is 1. The molecule has 1 saturated heterocycles. The number of hydrogen-bond donors (Lipinski definition) is 1. The highest BCUT2D eigenvalue weighted by molar-refractivity contribution is 6.08. The Balaban J connectivity index is 3.01. The van der Waals surface area contributed by atoms with E-state index in [1.165, 1.54) is 7.11 Å². The molecule has 1 rings (SSSR count). The van der Waals surface area contributed by atoms with Crippen molar-refractivity contribution < 1.29 is 24.2 Å². The van der Waals surface area contributed by atoms with Gasteiger partial charge in [0.25, 0.3) is 0 Å². The van der Waals surface area contributed by atoms with Gasteiger partial charge in [0, 0.05) is 26.6 Å². The summed E-state index contributed by atoms with van der Waals surface area (Å²) in [7, 11) is 1.45. The zero-order valence-corrected chi connectivity index (χ0v) is 11.6. The van der Waals surface area contributed by atoms with Crippen molar-refractivity contribution in [3.05, 3.63) is 0 Å². The van der Waals surface area contributed by atoms with Crippen LogP contribution in [0.4, 0.5) is 0 Å². The number of carboxylic acid groups (broad SMARTS) is 1. The fourth-order valence-corrected chi connectivity index (χ4v) is 2.53. The largest absolute Gasteiger partial charge is 0.480 e. The molecule has 0 saturated carbocycles. The molecule has 2 amide bonds. The van der Waals surface area contributed by atoms with Crippen molar-refractivity contribution in [2.75, 3.05) is 13.7 Å². The summed E-state index contributed by atoms with van der Waals surface area (Å²) >= 11 is 0. The summed E-state index contributed by atoms with van der Waals surface area (Å²) in [6.45, 7) is 3.89. The van der Waals surface area contributed by atoms with Crippen LogP contribution in [0.3, 0.4) is 0 Å². The lowest BCUT2D eigenvalue weighted by Gasteiger charge is -2.26. The summed E-state index contributed by atoms with van der Waals surface area (Å²) in [5.74, 6) is -1.91. The summed E-state index contributed by atoms with van der Waals surface area (Å²) in [5, 5.41) is 9.21. The standard InChI is InChI=1S/C13H21NO5/c1-4-13(5-2)8-10(15)14(12(13)18)9(11(16)17)6-7-19-3/h9H,4-8H2,1-3H3,(H,16,17). The smallest absolute Gasteiger partial charge is 0.327 e. The van der Waals surface area contributed by atoms with Crippen LogP contribution in [0.15, 0.2) is 0 Å². The van der Waals surface area contributed by atoms with Gasteiger partial charge in [-0.15, -0.1) is 0 Å². The van der Waals surface area contributed by atoms with Crippen molar-refractivity contribution >= 4 is 17.8 Å². The van der Waals surface area contributed by atoms with Crippen molar-refractivity contribution in [2.45, 2.75) is 45.6 Å². The van der Waals surface area contributed by atoms with E-state index in [0.29, 0.717) is 12.8 Å². The maximum atomic E-state index is 12.4. The molecule has 0 aliphatic carbocycles. The molecule has 0 radical (unpaired) electrons. The Morgan fingerprint density at radius 2 is 2.00 bits per heavy atom. The minimum absolute atomic E-state index is 0.107. The Bertz CT molecular complexity index is 375. The highest BCUT2D eigenvalue weighted by Crippen LogP contribution is 2.40. The predicted molar refractivity (Wildman–Crippen MR) is 67.4 cm³/mol. The normalized spacial score (nSPS) is 19.8. The molecular formula is C13H21NO5. The summed E-state index contributed by atoms with van der Waals surface area (Å²) < 4.78 is 4.84. The number of carbonyl (C=O) groups is 3. The molecule has 0 aromatic rings. The van der Waals surface area contributed by atoms with Gasteiger partial charge in [0.15, 0.2) is 0 Å². The second kappa shape index (κ2) is 6.14. The third kappa shape index (κ3) is 2.78. The topological polar surface area (TPSA) is 83.9 Å². The van der Waals surface area contributed by atoms with Gasteiger partial charge in [0.2, 0.25) is 11.8 Å². The van der Waals surface area contributed by atoms with Crippen molar-refractivity contribution in [2.24, 2.45) is 5.41 Å². The Hall–Kier alpha value is -1.43. The highest BCUT2D eigenvalue weighted by Gasteiger charge is 2.52. The van der Waals surface area contributed by atoms with Crippen LogP contribution in [0.5, 0.6) is 0 Å². The SMILES string of the molecule is CCC1(CC)CC(=O)N(C(CCOC)C(=O)O)C1=O. The molecule has 1 aliphatic heterocycles. The zero-order valence-electron chi connectivity index (χ0n) is 11.6. The fourth-order valence-electron chi connectivity index (χ4n) is 2.53. The van der Waals surface area contributed by atoms with Gasteiger partial charge in [0.05, 0.1) is 5.41 Å². The van der Waals surface area contributed by atoms with Crippen molar-refractivity contribution in [1.82, 2.24) is 4.90 Å².